The molecule has 5 heteroatoms. The minimum absolute atomic E-state index is 0.0334. The molecule has 1 aliphatic carbocycles. The van der Waals surface area contributed by atoms with Gasteiger partial charge in [-0.1, -0.05) is 6.92 Å². The van der Waals surface area contributed by atoms with Crippen molar-refractivity contribution < 1.29 is 14.7 Å². The number of likely N-dealkylation sites (tertiary alicyclic amines) is 2. The van der Waals surface area contributed by atoms with Crippen LogP contribution >= 0.6 is 0 Å². The van der Waals surface area contributed by atoms with Crippen molar-refractivity contribution in [3.8, 4) is 0 Å². The van der Waals surface area contributed by atoms with Gasteiger partial charge in [0.15, 0.2) is 0 Å². The summed E-state index contributed by atoms with van der Waals surface area (Å²) in [6.07, 6.45) is 5.32. The summed E-state index contributed by atoms with van der Waals surface area (Å²) in [5, 5.41) is 9.55. The van der Waals surface area contributed by atoms with Crippen LogP contribution in [0.15, 0.2) is 0 Å². The molecule has 3 rings (SSSR count). The average Bonchev–Trinajstić information content (AvgIpc) is 3.11. The summed E-state index contributed by atoms with van der Waals surface area (Å²) in [6.45, 7) is 3.29. The first-order valence-electron chi connectivity index (χ1n) is 7.40. The van der Waals surface area contributed by atoms with Gasteiger partial charge in [-0.2, -0.15) is 0 Å². The third-order valence-corrected chi connectivity index (χ3v) is 5.36. The molecule has 0 spiro atoms. The van der Waals surface area contributed by atoms with E-state index in [1.54, 1.807) is 4.90 Å². The van der Waals surface area contributed by atoms with Gasteiger partial charge in [-0.25, -0.2) is 9.59 Å². The first-order valence-corrected chi connectivity index (χ1v) is 7.40. The molecule has 3 atom stereocenters. The first-order chi connectivity index (χ1) is 9.08. The van der Waals surface area contributed by atoms with Gasteiger partial charge in [-0.3, -0.25) is 0 Å². The van der Waals surface area contributed by atoms with Gasteiger partial charge in [0.05, 0.1) is 0 Å². The van der Waals surface area contributed by atoms with E-state index in [9.17, 15) is 14.7 Å². The van der Waals surface area contributed by atoms with Gasteiger partial charge < -0.3 is 14.9 Å². The van der Waals surface area contributed by atoms with Gasteiger partial charge in [0.25, 0.3) is 0 Å². The number of nitrogens with zero attached hydrogens (tertiary/aromatic N) is 2. The van der Waals surface area contributed by atoms with Crippen molar-refractivity contribution in [2.45, 2.75) is 57.0 Å². The molecule has 5 nitrogen and oxygen atoms in total. The summed E-state index contributed by atoms with van der Waals surface area (Å²) >= 11 is 0. The van der Waals surface area contributed by atoms with E-state index in [0.29, 0.717) is 31.3 Å². The number of carboxylic acid groups (broad SMARTS) is 1. The maximum absolute atomic E-state index is 12.7. The number of amides is 2. The van der Waals surface area contributed by atoms with Crippen molar-refractivity contribution in [2.24, 2.45) is 5.92 Å². The molecular formula is C14H22N2O3. The maximum Gasteiger partial charge on any atom is 0.329 e. The molecule has 1 saturated carbocycles. The molecule has 3 unspecified atom stereocenters. The average molecular weight is 266 g/mol. The van der Waals surface area contributed by atoms with Gasteiger partial charge in [-0.15, -0.1) is 0 Å². The normalized spacial score (nSPS) is 37.1. The third-order valence-electron chi connectivity index (χ3n) is 5.36. The molecule has 106 valence electrons. The number of hydrogen-bond donors (Lipinski definition) is 1. The minimum atomic E-state index is -0.959. The quantitative estimate of drug-likeness (QED) is 0.830. The molecule has 2 aliphatic heterocycles. The van der Waals surface area contributed by atoms with E-state index in [-0.39, 0.29) is 6.03 Å². The molecule has 3 fully saturated rings. The predicted molar refractivity (Wildman–Crippen MR) is 69.8 cm³/mol. The molecule has 0 aromatic carbocycles. The number of aliphatic carboxylic acids is 1. The lowest BCUT2D eigenvalue weighted by atomic mass is 9.93. The molecule has 2 bridgehead atoms. The summed E-state index contributed by atoms with van der Waals surface area (Å²) in [6, 6.07) is 0.329. The van der Waals surface area contributed by atoms with Crippen molar-refractivity contribution >= 4 is 12.0 Å². The van der Waals surface area contributed by atoms with Gasteiger partial charge in [-0.05, 0) is 44.4 Å². The van der Waals surface area contributed by atoms with Gasteiger partial charge in [0, 0.05) is 19.1 Å². The highest BCUT2D eigenvalue weighted by atomic mass is 16.4. The highest BCUT2D eigenvalue weighted by molar-refractivity contribution is 5.87. The Kier molecular flexibility index (Phi) is 2.95. The van der Waals surface area contributed by atoms with Crippen LogP contribution < -0.4 is 0 Å². The van der Waals surface area contributed by atoms with Crippen LogP contribution in [0.1, 0.15) is 45.4 Å². The molecule has 2 heterocycles. The highest BCUT2D eigenvalue weighted by Crippen LogP contribution is 2.40. The largest absolute Gasteiger partial charge is 0.479 e. The lowest BCUT2D eigenvalue weighted by Crippen LogP contribution is -2.57. The summed E-state index contributed by atoms with van der Waals surface area (Å²) in [4.78, 5) is 27.9. The van der Waals surface area contributed by atoms with Crippen LogP contribution in [0.4, 0.5) is 4.79 Å². The van der Waals surface area contributed by atoms with Crippen molar-refractivity contribution in [2.75, 3.05) is 13.1 Å². The number of carboxylic acids is 1. The fourth-order valence-electron chi connectivity index (χ4n) is 4.21. The summed E-state index contributed by atoms with van der Waals surface area (Å²) in [5.74, 6) is -0.192. The molecule has 2 amide bonds. The minimum Gasteiger partial charge on any atom is -0.479 e. The van der Waals surface area contributed by atoms with Gasteiger partial charge in [0.2, 0.25) is 0 Å². The second-order valence-corrected chi connectivity index (χ2v) is 6.21. The number of hydrogen-bond acceptors (Lipinski definition) is 2. The van der Waals surface area contributed by atoms with Gasteiger partial charge in [0.1, 0.15) is 5.54 Å². The Balaban J connectivity index is 1.81. The molecule has 0 aromatic heterocycles. The smallest absolute Gasteiger partial charge is 0.329 e. The Bertz CT molecular complexity index is 411. The van der Waals surface area contributed by atoms with Crippen molar-refractivity contribution in [1.82, 2.24) is 9.80 Å². The Labute approximate surface area is 113 Å². The van der Waals surface area contributed by atoms with Crippen LogP contribution in [-0.2, 0) is 4.79 Å². The number of piperidine rings is 1. The Morgan fingerprint density at radius 2 is 2.16 bits per heavy atom. The lowest BCUT2D eigenvalue weighted by molar-refractivity contribution is -0.148. The summed E-state index contributed by atoms with van der Waals surface area (Å²) in [5.41, 5.74) is -0.959. The van der Waals surface area contributed by atoms with Crippen molar-refractivity contribution in [1.29, 1.82) is 0 Å². The standard InChI is InChI=1S/C14H22N2O3/c1-2-14(12(17)18)6-3-7-16(14)13(19)15-9-10-4-5-11(15)8-10/h10-11H,2-9H2,1H3,(H,17,18). The number of urea groups is 1. The number of fused-ring (bicyclic) bond motifs is 2. The zero-order chi connectivity index (χ0) is 13.6. The molecule has 0 radical (unpaired) electrons. The highest BCUT2D eigenvalue weighted by Gasteiger charge is 2.52. The van der Waals surface area contributed by atoms with E-state index < -0.39 is 11.5 Å². The Hall–Kier alpha value is -1.26. The molecule has 3 aliphatic rings. The topological polar surface area (TPSA) is 60.9 Å². The van der Waals surface area contributed by atoms with Crippen LogP contribution in [0.5, 0.6) is 0 Å². The Morgan fingerprint density at radius 3 is 2.68 bits per heavy atom. The Morgan fingerprint density at radius 1 is 1.37 bits per heavy atom. The maximum atomic E-state index is 12.7. The molecule has 1 N–H and O–H groups in total. The van der Waals surface area contributed by atoms with E-state index in [0.717, 1.165) is 25.8 Å². The van der Waals surface area contributed by atoms with Crippen LogP contribution in [0.2, 0.25) is 0 Å². The summed E-state index contributed by atoms with van der Waals surface area (Å²) < 4.78 is 0. The van der Waals surface area contributed by atoms with Crippen molar-refractivity contribution in [3.63, 3.8) is 0 Å². The fourth-order valence-corrected chi connectivity index (χ4v) is 4.21. The second kappa shape index (κ2) is 4.39. The first kappa shape index (κ1) is 12.8. The van der Waals surface area contributed by atoms with Crippen LogP contribution in [0, 0.1) is 5.92 Å². The monoisotopic (exact) mass is 266 g/mol. The van der Waals surface area contributed by atoms with Crippen LogP contribution in [0.3, 0.4) is 0 Å². The third kappa shape index (κ3) is 1.74. The lowest BCUT2D eigenvalue weighted by Gasteiger charge is -2.39. The molecule has 19 heavy (non-hydrogen) atoms. The van der Waals surface area contributed by atoms with Crippen LogP contribution in [0.25, 0.3) is 0 Å². The van der Waals surface area contributed by atoms with E-state index in [4.69, 9.17) is 0 Å². The molecule has 0 aromatic rings. The number of rotatable bonds is 2. The van der Waals surface area contributed by atoms with E-state index in [2.05, 4.69) is 0 Å². The van der Waals surface area contributed by atoms with E-state index in [1.165, 1.54) is 6.42 Å². The fraction of sp³-hybridized carbons (Fsp3) is 0.857. The van der Waals surface area contributed by atoms with E-state index in [1.807, 2.05) is 11.8 Å². The molecule has 2 saturated heterocycles. The summed E-state index contributed by atoms with van der Waals surface area (Å²) in [7, 11) is 0. The van der Waals surface area contributed by atoms with Crippen molar-refractivity contribution in [3.05, 3.63) is 0 Å². The predicted octanol–water partition coefficient (Wildman–Crippen LogP) is 1.92. The molecular weight excluding hydrogens is 244 g/mol. The second-order valence-electron chi connectivity index (χ2n) is 6.21. The van der Waals surface area contributed by atoms with Crippen LogP contribution in [-0.4, -0.2) is 51.6 Å². The number of carbonyl (C=O) groups excluding carboxylic acids is 1. The van der Waals surface area contributed by atoms with Gasteiger partial charge >= 0.3 is 12.0 Å². The SMILES string of the molecule is CCC1(C(=O)O)CCCN1C(=O)N1CC2CCC1C2. The zero-order valence-corrected chi connectivity index (χ0v) is 11.5. The van der Waals surface area contributed by atoms with E-state index >= 15 is 0 Å². The number of carbonyl (C=O) groups is 2. The zero-order valence-electron chi connectivity index (χ0n) is 11.5.